The van der Waals surface area contributed by atoms with Crippen molar-refractivity contribution in [3.63, 3.8) is 0 Å². The molecule has 7 heteroatoms. The minimum Gasteiger partial charge on any atom is -0.481 e. The predicted octanol–water partition coefficient (Wildman–Crippen LogP) is 1.63. The van der Waals surface area contributed by atoms with Crippen LogP contribution in [0.15, 0.2) is 0 Å². The van der Waals surface area contributed by atoms with E-state index < -0.39 is 14.6 Å². The van der Waals surface area contributed by atoms with Gasteiger partial charge >= 0.3 is 14.6 Å². The topological polar surface area (TPSA) is 98.0 Å². The van der Waals surface area contributed by atoms with Crippen LogP contribution in [0.25, 0.3) is 0 Å². The fraction of sp³-hybridized carbons (Fsp3) is 0.889. The molecular weight excluding hydrogens is 259 g/mol. The molecule has 0 aromatic carbocycles. The van der Waals surface area contributed by atoms with Crippen molar-refractivity contribution >= 4 is 52.3 Å². The maximum absolute atomic E-state index is 10.1. The van der Waals surface area contributed by atoms with Crippen molar-refractivity contribution in [3.8, 4) is 0 Å². The molecule has 0 aliphatic rings. The van der Waals surface area contributed by atoms with E-state index in [1.54, 1.807) is 0 Å². The van der Waals surface area contributed by atoms with Gasteiger partial charge in [0.1, 0.15) is 0 Å². The monoisotopic (exact) mass is 280 g/mol. The van der Waals surface area contributed by atoms with Crippen LogP contribution < -0.4 is 0 Å². The maximum Gasteiger partial charge on any atom is 0.324 e. The van der Waals surface area contributed by atoms with Crippen molar-refractivity contribution < 1.29 is 24.6 Å². The van der Waals surface area contributed by atoms with Gasteiger partial charge in [-0.2, -0.15) is 0 Å². The summed E-state index contributed by atoms with van der Waals surface area (Å²) >= 11 is 0. The summed E-state index contributed by atoms with van der Waals surface area (Å²) in [4.78, 5) is 31.8. The fourth-order valence-electron chi connectivity index (χ4n) is 1.06. The molecule has 94 valence electrons. The van der Waals surface area contributed by atoms with E-state index in [2.05, 4.69) is 6.92 Å². The molecule has 0 spiro atoms. The number of hydrogen-bond donors (Lipinski definition) is 4. The number of carboxylic acid groups (broad SMARTS) is 1. The second-order valence-corrected chi connectivity index (χ2v) is 3.72. The predicted molar refractivity (Wildman–Crippen MR) is 65.0 cm³/mol. The zero-order chi connectivity index (χ0) is 12.1. The summed E-state index contributed by atoms with van der Waals surface area (Å²) in [6.45, 7) is 2.18. The Balaban J connectivity index is -0.000000292. The van der Waals surface area contributed by atoms with E-state index in [1.165, 1.54) is 25.7 Å². The molecule has 0 aliphatic carbocycles. The molecule has 16 heavy (non-hydrogen) atoms. The van der Waals surface area contributed by atoms with Gasteiger partial charge in [-0.3, -0.25) is 4.79 Å². The molecule has 0 rings (SSSR count). The zero-order valence-corrected chi connectivity index (χ0v) is 12.9. The summed E-state index contributed by atoms with van der Waals surface area (Å²) in [6.07, 6.45) is 7.25. The van der Waals surface area contributed by atoms with Gasteiger partial charge < -0.3 is 19.8 Å². The smallest absolute Gasteiger partial charge is 0.324 e. The molecule has 4 N–H and O–H groups in total. The van der Waals surface area contributed by atoms with E-state index in [-0.39, 0.29) is 37.7 Å². The van der Waals surface area contributed by atoms with Gasteiger partial charge in [0.15, 0.2) is 0 Å². The summed E-state index contributed by atoms with van der Waals surface area (Å²) in [5.74, 6) is -0.666. The van der Waals surface area contributed by atoms with E-state index in [9.17, 15) is 4.79 Å². The number of carbonyl (C=O) groups is 1. The molecule has 0 unspecified atom stereocenters. The molecule has 0 aromatic rings. The van der Waals surface area contributed by atoms with Gasteiger partial charge in [0, 0.05) is 44.2 Å². The second kappa shape index (κ2) is 18.4. The van der Waals surface area contributed by atoms with Crippen molar-refractivity contribution in [2.75, 3.05) is 0 Å². The van der Waals surface area contributed by atoms with Gasteiger partial charge in [0.2, 0.25) is 0 Å². The van der Waals surface area contributed by atoms with E-state index in [0.29, 0.717) is 6.42 Å². The number of rotatable bonds is 7. The Hall–Kier alpha value is 1.04. The van der Waals surface area contributed by atoms with Gasteiger partial charge in [-0.25, -0.2) is 0 Å². The molecule has 0 fully saturated rings. The molecule has 0 aromatic heterocycles. The summed E-state index contributed by atoms with van der Waals surface area (Å²) in [6, 6.07) is 0. The van der Waals surface area contributed by atoms with Crippen molar-refractivity contribution in [2.45, 2.75) is 51.9 Å². The van der Waals surface area contributed by atoms with Gasteiger partial charge in [0.25, 0.3) is 0 Å². The summed E-state index contributed by atoms with van der Waals surface area (Å²) < 4.78 is 0. The summed E-state index contributed by atoms with van der Waals surface area (Å²) in [5, 5.41) is 8.32. The van der Waals surface area contributed by atoms with Crippen molar-refractivity contribution in [1.29, 1.82) is 0 Å². The summed E-state index contributed by atoms with van der Waals surface area (Å²) in [5.41, 5.74) is 0. The van der Waals surface area contributed by atoms with Crippen molar-refractivity contribution in [2.24, 2.45) is 0 Å². The minimum absolute atomic E-state index is 0. The van der Waals surface area contributed by atoms with Crippen LogP contribution in [0, 0.1) is 0 Å². The van der Waals surface area contributed by atoms with Gasteiger partial charge in [-0.05, 0) is 6.42 Å². The maximum atomic E-state index is 10.1. The molecule has 0 amide bonds. The van der Waals surface area contributed by atoms with Crippen LogP contribution in [0.2, 0.25) is 0 Å². The Morgan fingerprint density at radius 3 is 1.75 bits per heavy atom. The van der Waals surface area contributed by atoms with Gasteiger partial charge in [-0.15, -0.1) is 0 Å². The third-order valence-electron chi connectivity index (χ3n) is 1.74. The Morgan fingerprint density at radius 1 is 1.00 bits per heavy atom. The van der Waals surface area contributed by atoms with E-state index in [0.717, 1.165) is 12.8 Å². The van der Waals surface area contributed by atoms with Crippen molar-refractivity contribution in [3.05, 3.63) is 0 Å². The largest absolute Gasteiger partial charge is 0.481 e. The average molecular weight is 280 g/mol. The molecule has 2 radical (unpaired) electrons. The van der Waals surface area contributed by atoms with Gasteiger partial charge in [-0.1, -0.05) is 39.0 Å². The quantitative estimate of drug-likeness (QED) is 0.323. The molecule has 0 atom stereocenters. The number of unbranched alkanes of at least 4 members (excludes halogenated alkanes) is 5. The van der Waals surface area contributed by atoms with Crippen LogP contribution in [0.3, 0.4) is 0 Å². The minimum atomic E-state index is -2.62. The second-order valence-electron chi connectivity index (χ2n) is 3.18. The first-order chi connectivity index (χ1) is 7.00. The number of hydrogen-bond acceptors (Lipinski definition) is 4. The molecule has 5 nitrogen and oxygen atoms in total. The zero-order valence-electron chi connectivity index (χ0n) is 9.80. The number of aliphatic carboxylic acids is 1. The first-order valence-corrected chi connectivity index (χ1v) is 6.29. The van der Waals surface area contributed by atoms with E-state index in [1.807, 2.05) is 0 Å². The summed E-state index contributed by atoms with van der Waals surface area (Å²) in [7, 11) is -2.62. The molecule has 0 heterocycles. The molecule has 0 bridgehead atoms. The van der Waals surface area contributed by atoms with Crippen LogP contribution in [-0.2, 0) is 4.79 Å². The standard InChI is InChI=1S/C9H18O2.Ca.H3O3P/c1-2-3-4-5-6-7-8-9(10)11;;1-4(2)3/h2-8H2,1H3,(H,10,11);;1-3H. The van der Waals surface area contributed by atoms with E-state index >= 15 is 0 Å². The average Bonchev–Trinajstić information content (AvgIpc) is 2.09. The third kappa shape index (κ3) is 36.3. The Morgan fingerprint density at radius 2 is 1.38 bits per heavy atom. The third-order valence-corrected chi connectivity index (χ3v) is 1.74. The molecule has 0 saturated carbocycles. The molecule has 0 saturated heterocycles. The normalized spacial score (nSPS) is 9.06. The van der Waals surface area contributed by atoms with Crippen molar-refractivity contribution in [1.82, 2.24) is 0 Å². The van der Waals surface area contributed by atoms with Crippen LogP contribution in [0.5, 0.6) is 0 Å². The Bertz CT molecular complexity index is 143. The fourth-order valence-corrected chi connectivity index (χ4v) is 1.06. The molecule has 0 aliphatic heterocycles. The van der Waals surface area contributed by atoms with E-state index in [4.69, 9.17) is 19.8 Å². The first-order valence-electron chi connectivity index (χ1n) is 5.09. The first kappa shape index (κ1) is 22.2. The Labute approximate surface area is 128 Å². The van der Waals surface area contributed by atoms with Crippen LogP contribution in [0.4, 0.5) is 0 Å². The van der Waals surface area contributed by atoms with Crippen LogP contribution >= 0.6 is 8.60 Å². The van der Waals surface area contributed by atoms with Gasteiger partial charge in [0.05, 0.1) is 0 Å². The SMILES string of the molecule is CCCCCCCCC(=O)O.OP(O)O.[Ca]. The van der Waals surface area contributed by atoms with Crippen LogP contribution in [0.1, 0.15) is 51.9 Å². The van der Waals surface area contributed by atoms with Crippen LogP contribution in [-0.4, -0.2) is 63.5 Å². The number of carboxylic acids is 1. The molecular formula is C9H21CaO5P. The Kier molecular flexibility index (Phi) is 25.6.